The summed E-state index contributed by atoms with van der Waals surface area (Å²) in [7, 11) is 0. The van der Waals surface area contributed by atoms with E-state index in [1.54, 1.807) is 42.5 Å². The molecule has 3 rings (SSSR count). The number of benzene rings is 2. The molecular weight excluding hydrogens is 342 g/mol. The molecule has 1 fully saturated rings. The maximum atomic E-state index is 12.7. The lowest BCUT2D eigenvalue weighted by Crippen LogP contribution is -2.40. The van der Waals surface area contributed by atoms with Crippen molar-refractivity contribution in [1.29, 1.82) is 0 Å². The van der Waals surface area contributed by atoms with Crippen LogP contribution in [0.3, 0.4) is 0 Å². The number of hydrogen-bond acceptors (Lipinski definition) is 4. The number of phenolic OH excluding ortho intramolecular Hbond substituents is 1. The minimum absolute atomic E-state index is 0.0283. The Bertz CT molecular complexity index is 772. The summed E-state index contributed by atoms with van der Waals surface area (Å²) < 4.78 is 5.69. The highest BCUT2D eigenvalue weighted by Crippen LogP contribution is 2.28. The van der Waals surface area contributed by atoms with Crippen LogP contribution in [0.1, 0.15) is 43.5 Å². The Hall–Kier alpha value is -2.53. The van der Waals surface area contributed by atoms with Crippen LogP contribution in [0.4, 0.5) is 0 Å². The highest BCUT2D eigenvalue weighted by atomic mass is 16.5. The molecule has 0 unspecified atom stereocenters. The molecule has 0 saturated carbocycles. The summed E-state index contributed by atoms with van der Waals surface area (Å²) in [4.78, 5) is 14.6. The van der Waals surface area contributed by atoms with Crippen LogP contribution in [0.25, 0.3) is 0 Å². The van der Waals surface area contributed by atoms with Gasteiger partial charge < -0.3 is 19.8 Å². The van der Waals surface area contributed by atoms with Gasteiger partial charge >= 0.3 is 0 Å². The molecule has 0 radical (unpaired) electrons. The van der Waals surface area contributed by atoms with Crippen molar-refractivity contribution in [3.8, 4) is 17.2 Å². The van der Waals surface area contributed by atoms with Crippen LogP contribution in [0.15, 0.2) is 48.5 Å². The topological polar surface area (TPSA) is 70.0 Å². The van der Waals surface area contributed by atoms with E-state index < -0.39 is 5.60 Å². The number of ether oxygens (including phenoxy) is 1. The molecular formula is C22H27NO4. The van der Waals surface area contributed by atoms with Gasteiger partial charge in [-0.05, 0) is 75.4 Å². The number of nitrogens with zero attached hydrogens (tertiary/aromatic N) is 1. The van der Waals surface area contributed by atoms with E-state index >= 15 is 0 Å². The van der Waals surface area contributed by atoms with Gasteiger partial charge in [-0.25, -0.2) is 0 Å². The van der Waals surface area contributed by atoms with Gasteiger partial charge in [0, 0.05) is 24.7 Å². The number of carbonyl (C=O) groups is 1. The van der Waals surface area contributed by atoms with Crippen molar-refractivity contribution in [3.05, 3.63) is 54.1 Å². The first-order valence-corrected chi connectivity index (χ1v) is 9.39. The number of phenols is 1. The quantitative estimate of drug-likeness (QED) is 0.829. The third-order valence-corrected chi connectivity index (χ3v) is 4.84. The van der Waals surface area contributed by atoms with Gasteiger partial charge in [0.15, 0.2) is 0 Å². The third-order valence-electron chi connectivity index (χ3n) is 4.84. The largest absolute Gasteiger partial charge is 0.508 e. The fraction of sp³-hybridized carbons (Fsp3) is 0.409. The maximum Gasteiger partial charge on any atom is 0.253 e. The SMILES string of the molecule is CC(C)(O)CC1CCN(C(=O)c2ccc(Oc3cccc(O)c3)cc2)CC1. The Balaban J connectivity index is 1.56. The Kier molecular flexibility index (Phi) is 5.71. The summed E-state index contributed by atoms with van der Waals surface area (Å²) in [6.45, 7) is 5.12. The number of hydrogen-bond donors (Lipinski definition) is 2. The molecule has 0 bridgehead atoms. The predicted octanol–water partition coefficient (Wildman–Crippen LogP) is 4.20. The van der Waals surface area contributed by atoms with E-state index in [0.717, 1.165) is 32.4 Å². The Morgan fingerprint density at radius 3 is 2.37 bits per heavy atom. The molecule has 2 N–H and O–H groups in total. The van der Waals surface area contributed by atoms with E-state index in [-0.39, 0.29) is 11.7 Å². The zero-order chi connectivity index (χ0) is 19.4. The van der Waals surface area contributed by atoms with Crippen molar-refractivity contribution in [3.63, 3.8) is 0 Å². The van der Waals surface area contributed by atoms with E-state index in [4.69, 9.17) is 4.74 Å². The molecule has 5 nitrogen and oxygen atoms in total. The molecule has 1 aliphatic heterocycles. The highest BCUT2D eigenvalue weighted by Gasteiger charge is 2.27. The molecule has 2 aromatic carbocycles. The number of piperidine rings is 1. The van der Waals surface area contributed by atoms with Crippen molar-refractivity contribution in [2.24, 2.45) is 5.92 Å². The zero-order valence-electron chi connectivity index (χ0n) is 15.9. The van der Waals surface area contributed by atoms with Gasteiger partial charge in [0.2, 0.25) is 0 Å². The molecule has 5 heteroatoms. The van der Waals surface area contributed by atoms with E-state index in [9.17, 15) is 15.0 Å². The number of amides is 1. The molecule has 1 amide bonds. The first-order chi connectivity index (χ1) is 12.8. The van der Waals surface area contributed by atoms with Crippen LogP contribution in [-0.4, -0.2) is 39.7 Å². The normalized spacial score (nSPS) is 15.6. The highest BCUT2D eigenvalue weighted by molar-refractivity contribution is 5.94. The Morgan fingerprint density at radius 2 is 1.78 bits per heavy atom. The number of aliphatic hydroxyl groups is 1. The molecule has 0 atom stereocenters. The second kappa shape index (κ2) is 8.01. The van der Waals surface area contributed by atoms with Crippen LogP contribution in [0.2, 0.25) is 0 Å². The number of rotatable bonds is 5. The van der Waals surface area contributed by atoms with Gasteiger partial charge in [0.05, 0.1) is 5.60 Å². The Morgan fingerprint density at radius 1 is 1.11 bits per heavy atom. The predicted molar refractivity (Wildman–Crippen MR) is 104 cm³/mol. The minimum Gasteiger partial charge on any atom is -0.508 e. The summed E-state index contributed by atoms with van der Waals surface area (Å²) in [5.74, 6) is 1.80. The Labute approximate surface area is 160 Å². The second-order valence-electron chi connectivity index (χ2n) is 7.88. The van der Waals surface area contributed by atoms with Gasteiger partial charge in [-0.3, -0.25) is 4.79 Å². The molecule has 1 aliphatic rings. The smallest absolute Gasteiger partial charge is 0.253 e. The van der Waals surface area contributed by atoms with Crippen LogP contribution in [0.5, 0.6) is 17.2 Å². The summed E-state index contributed by atoms with van der Waals surface area (Å²) >= 11 is 0. The van der Waals surface area contributed by atoms with Crippen molar-refractivity contribution in [2.75, 3.05) is 13.1 Å². The van der Waals surface area contributed by atoms with Crippen LogP contribution < -0.4 is 4.74 Å². The van der Waals surface area contributed by atoms with Crippen molar-refractivity contribution < 1.29 is 19.7 Å². The molecule has 0 aromatic heterocycles. The lowest BCUT2D eigenvalue weighted by Gasteiger charge is -2.34. The minimum atomic E-state index is -0.651. The van der Waals surface area contributed by atoms with Crippen LogP contribution >= 0.6 is 0 Å². The van der Waals surface area contributed by atoms with Gasteiger partial charge in [-0.15, -0.1) is 0 Å². The van der Waals surface area contributed by atoms with Crippen LogP contribution in [-0.2, 0) is 0 Å². The lowest BCUT2D eigenvalue weighted by molar-refractivity contribution is 0.0358. The van der Waals surface area contributed by atoms with Gasteiger partial charge in [-0.1, -0.05) is 6.07 Å². The monoisotopic (exact) mass is 369 g/mol. The van der Waals surface area contributed by atoms with E-state index in [1.165, 1.54) is 6.07 Å². The molecule has 144 valence electrons. The summed E-state index contributed by atoms with van der Waals surface area (Å²) in [6.07, 6.45) is 2.62. The maximum absolute atomic E-state index is 12.7. The standard InChI is InChI=1S/C22H27NO4/c1-22(2,26)15-16-10-12-23(13-11-16)21(25)17-6-8-19(9-7-17)27-20-5-3-4-18(24)14-20/h3-9,14,16,24,26H,10-13,15H2,1-2H3. The fourth-order valence-electron chi connectivity index (χ4n) is 3.58. The molecule has 2 aromatic rings. The van der Waals surface area contributed by atoms with E-state index in [1.807, 2.05) is 18.7 Å². The molecule has 0 spiro atoms. The van der Waals surface area contributed by atoms with Crippen molar-refractivity contribution in [1.82, 2.24) is 4.90 Å². The van der Waals surface area contributed by atoms with Gasteiger partial charge in [0.25, 0.3) is 5.91 Å². The zero-order valence-corrected chi connectivity index (χ0v) is 15.9. The third kappa shape index (κ3) is 5.47. The van der Waals surface area contributed by atoms with E-state index in [2.05, 4.69) is 0 Å². The molecule has 1 heterocycles. The molecule has 27 heavy (non-hydrogen) atoms. The number of carbonyl (C=O) groups excluding carboxylic acids is 1. The summed E-state index contributed by atoms with van der Waals surface area (Å²) in [5, 5.41) is 19.5. The number of likely N-dealkylation sites (tertiary alicyclic amines) is 1. The second-order valence-corrected chi connectivity index (χ2v) is 7.88. The average molecular weight is 369 g/mol. The van der Waals surface area contributed by atoms with Crippen LogP contribution in [0, 0.1) is 5.92 Å². The van der Waals surface area contributed by atoms with Gasteiger partial charge in [-0.2, -0.15) is 0 Å². The molecule has 0 aliphatic carbocycles. The van der Waals surface area contributed by atoms with E-state index in [0.29, 0.717) is 23.0 Å². The first kappa shape index (κ1) is 19.2. The lowest BCUT2D eigenvalue weighted by atomic mass is 9.86. The average Bonchev–Trinajstić information content (AvgIpc) is 2.61. The molecule has 1 saturated heterocycles. The first-order valence-electron chi connectivity index (χ1n) is 9.39. The summed E-state index contributed by atoms with van der Waals surface area (Å²) in [6, 6.07) is 13.7. The number of aromatic hydroxyl groups is 1. The fourth-order valence-corrected chi connectivity index (χ4v) is 3.58. The van der Waals surface area contributed by atoms with Gasteiger partial charge in [0.1, 0.15) is 17.2 Å². The van der Waals surface area contributed by atoms with Crippen molar-refractivity contribution >= 4 is 5.91 Å². The van der Waals surface area contributed by atoms with Crippen molar-refractivity contribution in [2.45, 2.75) is 38.7 Å². The summed E-state index contributed by atoms with van der Waals surface area (Å²) in [5.41, 5.74) is -0.0124.